The minimum atomic E-state index is -0.553. The number of para-hydroxylation sites is 6. The van der Waals surface area contributed by atoms with Crippen LogP contribution in [-0.4, -0.2) is 55.5 Å². The van der Waals surface area contributed by atoms with Crippen LogP contribution in [0.3, 0.4) is 0 Å². The van der Waals surface area contributed by atoms with E-state index in [0.717, 1.165) is 87.3 Å². The molecule has 12 aromatic carbocycles. The summed E-state index contributed by atoms with van der Waals surface area (Å²) in [6.07, 6.45) is 2.74. The van der Waals surface area contributed by atoms with Crippen molar-refractivity contribution in [1.29, 1.82) is 0 Å². The van der Waals surface area contributed by atoms with Crippen molar-refractivity contribution in [2.45, 2.75) is 64.5 Å². The predicted molar refractivity (Wildman–Crippen MR) is 403 cm³/mol. The second-order valence-corrected chi connectivity index (χ2v) is 29.2. The van der Waals surface area contributed by atoms with Crippen molar-refractivity contribution in [3.05, 3.63) is 314 Å². The molecule has 0 saturated heterocycles. The van der Waals surface area contributed by atoms with Gasteiger partial charge in [-0.2, -0.15) is 10.2 Å². The number of nitrogens with zero attached hydrogens (tertiary/aromatic N) is 6. The summed E-state index contributed by atoms with van der Waals surface area (Å²) in [5, 5.41) is 41.4. The summed E-state index contributed by atoms with van der Waals surface area (Å²) >= 11 is 6.87. The number of hydrazone groups is 2. The second kappa shape index (κ2) is 30.1. The molecule has 14 aromatic rings. The lowest BCUT2D eigenvalue weighted by atomic mass is 10.1. The van der Waals surface area contributed by atoms with Gasteiger partial charge in [-0.3, -0.25) is 0 Å². The summed E-state index contributed by atoms with van der Waals surface area (Å²) in [5.41, 5.74) is 10.3. The highest BCUT2D eigenvalue weighted by molar-refractivity contribution is 8.76. The average Bonchev–Trinajstić information content (AvgIpc) is 1.62. The van der Waals surface area contributed by atoms with Crippen LogP contribution in [0.15, 0.2) is 353 Å². The molecule has 2 N–H and O–H groups in total. The topological polar surface area (TPSA) is 81.5 Å². The molecule has 2 unspecified atom stereocenters. The lowest BCUT2D eigenvalue weighted by molar-refractivity contribution is 0.181. The molecule has 14 rings (SSSR count). The zero-order valence-corrected chi connectivity index (χ0v) is 55.9. The standard InChI is InChI=1S/C80H64N6O2S6/c87-63(53-83-77-27-15-13-25-73(77)75-49-57(29-47-79(75)83)51-81-85(59-17-5-1-6-18-59)60-19-7-2-8-20-60)55-89-65-31-35-67(36-32-65)91-69-39-43-71(44-40-69)93-94-72-45-41-70(42-46-72)92-68-37-33-66(34-38-68)90-56-64(88)54-84-78-28-16-14-26-74(78)76-50-58(30-48-80(76)84)52-82-86(61-21-9-3-10-22-61)62-23-11-4-12-24-62/h1-52,63-64,87-88H,53-56H2. The number of fused-ring (bicyclic) bond motifs is 6. The van der Waals surface area contributed by atoms with Crippen LogP contribution >= 0.6 is 68.6 Å². The molecule has 0 bridgehead atoms. The normalized spacial score (nSPS) is 12.4. The summed E-state index contributed by atoms with van der Waals surface area (Å²) in [5.74, 6) is 1.15. The first-order valence-corrected chi connectivity index (χ1v) is 36.8. The third-order valence-electron chi connectivity index (χ3n) is 15.9. The number of hydrogen-bond acceptors (Lipinski definition) is 12. The fourth-order valence-corrected chi connectivity index (χ4v) is 16.6. The maximum Gasteiger partial charge on any atom is 0.0813 e. The Morgan fingerprint density at radius 1 is 0.309 bits per heavy atom. The molecule has 14 heteroatoms. The highest BCUT2D eigenvalue weighted by atomic mass is 33.1. The summed E-state index contributed by atoms with van der Waals surface area (Å²) < 4.78 is 4.50. The maximum atomic E-state index is 11.5. The maximum absolute atomic E-state index is 11.5. The monoisotopic (exact) mass is 1330 g/mol. The summed E-state index contributed by atoms with van der Waals surface area (Å²) in [6, 6.07) is 105. The van der Waals surface area contributed by atoms with Crippen LogP contribution < -0.4 is 10.0 Å². The van der Waals surface area contributed by atoms with Crippen LogP contribution in [0.1, 0.15) is 11.1 Å². The number of aliphatic hydroxyl groups is 2. The van der Waals surface area contributed by atoms with Gasteiger partial charge in [0, 0.05) is 107 Å². The third-order valence-corrected chi connectivity index (χ3v) is 22.7. The lowest BCUT2D eigenvalue weighted by Gasteiger charge is -2.19. The Kier molecular flexibility index (Phi) is 20.0. The van der Waals surface area contributed by atoms with Crippen LogP contribution in [0.5, 0.6) is 0 Å². The molecule has 0 spiro atoms. The summed E-state index contributed by atoms with van der Waals surface area (Å²) in [6.45, 7) is 0.970. The van der Waals surface area contributed by atoms with Crippen molar-refractivity contribution in [2.24, 2.45) is 10.2 Å². The molecule has 2 aromatic heterocycles. The van der Waals surface area contributed by atoms with Crippen LogP contribution in [-0.2, 0) is 13.1 Å². The number of hydrogen-bond donors (Lipinski definition) is 2. The van der Waals surface area contributed by atoms with Crippen LogP contribution in [0.4, 0.5) is 22.7 Å². The molecule has 0 fully saturated rings. The van der Waals surface area contributed by atoms with Crippen LogP contribution in [0, 0.1) is 0 Å². The molecule has 2 atom stereocenters. The Balaban J connectivity index is 0.525. The Bertz CT molecular complexity index is 4490. The van der Waals surface area contributed by atoms with E-state index >= 15 is 0 Å². The number of aromatic nitrogens is 2. The molecule has 0 aliphatic heterocycles. The fourth-order valence-electron chi connectivity index (χ4n) is 11.4. The van der Waals surface area contributed by atoms with Crippen molar-refractivity contribution < 1.29 is 10.2 Å². The van der Waals surface area contributed by atoms with Crippen molar-refractivity contribution in [2.75, 3.05) is 21.5 Å². The van der Waals surface area contributed by atoms with Gasteiger partial charge in [-0.1, -0.05) is 166 Å². The lowest BCUT2D eigenvalue weighted by Crippen LogP contribution is -2.18. The Labute approximate surface area is 572 Å². The Morgan fingerprint density at radius 2 is 0.596 bits per heavy atom. The van der Waals surface area contributed by atoms with Gasteiger partial charge in [-0.15, -0.1) is 23.5 Å². The predicted octanol–water partition coefficient (Wildman–Crippen LogP) is 21.7. The minimum Gasteiger partial charge on any atom is -0.390 e. The van der Waals surface area contributed by atoms with Gasteiger partial charge in [0.05, 0.1) is 47.4 Å². The van der Waals surface area contributed by atoms with E-state index in [0.29, 0.717) is 24.6 Å². The number of thioether (sulfide) groups is 2. The van der Waals surface area contributed by atoms with Crippen molar-refractivity contribution in [1.82, 2.24) is 9.13 Å². The highest BCUT2D eigenvalue weighted by Gasteiger charge is 2.18. The fraction of sp³-hybridized carbons (Fsp3) is 0.0750. The van der Waals surface area contributed by atoms with Gasteiger partial charge in [-0.05, 0) is 193 Å². The smallest absolute Gasteiger partial charge is 0.0813 e. The van der Waals surface area contributed by atoms with Crippen LogP contribution in [0.25, 0.3) is 43.6 Å². The van der Waals surface area contributed by atoms with Gasteiger partial charge < -0.3 is 19.3 Å². The van der Waals surface area contributed by atoms with E-state index in [4.69, 9.17) is 10.2 Å². The van der Waals surface area contributed by atoms with Gasteiger partial charge in [0.25, 0.3) is 0 Å². The molecule has 8 nitrogen and oxygen atoms in total. The minimum absolute atomic E-state index is 0.485. The molecule has 0 aliphatic carbocycles. The zero-order chi connectivity index (χ0) is 63.4. The van der Waals surface area contributed by atoms with Gasteiger partial charge in [0.15, 0.2) is 0 Å². The number of rotatable bonds is 25. The first-order chi connectivity index (χ1) is 46.4. The van der Waals surface area contributed by atoms with E-state index in [1.54, 1.807) is 68.6 Å². The quantitative estimate of drug-likeness (QED) is 0.0250. The molecule has 0 aliphatic rings. The SMILES string of the molecule is OC(CSc1ccc(Sc2ccc(SSc3ccc(Sc4ccc(SCC(O)Cn5c6ccccc6c6cc(C=NN(c7ccccc7)c7ccccc7)ccc65)cc4)cc3)cc2)cc1)Cn1c2ccccc2c2cc(C=NN(c3ccccc3)c3ccccc3)ccc21. The van der Waals surface area contributed by atoms with Gasteiger partial charge in [0.1, 0.15) is 0 Å². The zero-order valence-electron chi connectivity index (χ0n) is 51.0. The second-order valence-electron chi connectivity index (χ2n) is 22.4. The number of anilines is 4. The molecular formula is C80H64N6O2S6. The van der Waals surface area contributed by atoms with Crippen LogP contribution in [0.2, 0.25) is 0 Å². The highest BCUT2D eigenvalue weighted by Crippen LogP contribution is 2.41. The van der Waals surface area contributed by atoms with Gasteiger partial charge >= 0.3 is 0 Å². The third kappa shape index (κ3) is 15.2. The van der Waals surface area contributed by atoms with E-state index in [-0.39, 0.29) is 0 Å². The average molecular weight is 1330 g/mol. The molecule has 94 heavy (non-hydrogen) atoms. The largest absolute Gasteiger partial charge is 0.390 e. The van der Waals surface area contributed by atoms with E-state index in [2.05, 4.69) is 240 Å². The molecular weight excluding hydrogens is 1270 g/mol. The van der Waals surface area contributed by atoms with Crippen molar-refractivity contribution in [3.63, 3.8) is 0 Å². The number of benzene rings is 12. The van der Waals surface area contributed by atoms with E-state index in [1.807, 2.05) is 95.2 Å². The van der Waals surface area contributed by atoms with Gasteiger partial charge in [-0.25, -0.2) is 10.0 Å². The first kappa shape index (κ1) is 62.6. The van der Waals surface area contributed by atoms with E-state index in [9.17, 15) is 10.2 Å². The van der Waals surface area contributed by atoms with Gasteiger partial charge in [0.2, 0.25) is 0 Å². The molecule has 462 valence electrons. The molecule has 0 amide bonds. The van der Waals surface area contributed by atoms with Crippen molar-refractivity contribution >= 4 is 147 Å². The number of aliphatic hydroxyl groups excluding tert-OH is 2. The van der Waals surface area contributed by atoms with E-state index in [1.165, 1.54) is 29.4 Å². The Morgan fingerprint density at radius 3 is 0.936 bits per heavy atom. The molecule has 0 saturated carbocycles. The Hall–Kier alpha value is -8.80. The van der Waals surface area contributed by atoms with E-state index < -0.39 is 12.2 Å². The van der Waals surface area contributed by atoms with Crippen molar-refractivity contribution in [3.8, 4) is 0 Å². The summed E-state index contributed by atoms with van der Waals surface area (Å²) in [7, 11) is 3.53. The first-order valence-electron chi connectivity index (χ1n) is 31.0. The summed E-state index contributed by atoms with van der Waals surface area (Å²) in [4.78, 5) is 9.38. The molecule has 2 heterocycles. The molecule has 0 radical (unpaired) electrons.